The van der Waals surface area contributed by atoms with E-state index in [1.807, 2.05) is 26.0 Å². The van der Waals surface area contributed by atoms with E-state index in [0.717, 1.165) is 11.1 Å². The lowest BCUT2D eigenvalue weighted by Gasteiger charge is -2.12. The summed E-state index contributed by atoms with van der Waals surface area (Å²) in [7, 11) is -2.42. The highest BCUT2D eigenvalue weighted by Gasteiger charge is 2.18. The molecule has 0 fully saturated rings. The van der Waals surface area contributed by atoms with Gasteiger partial charge in [-0.2, -0.15) is 0 Å². The van der Waals surface area contributed by atoms with Crippen LogP contribution in [0.15, 0.2) is 81.6 Å². The number of anilines is 1. The second-order valence-corrected chi connectivity index (χ2v) is 14.1. The molecule has 0 aliphatic rings. The van der Waals surface area contributed by atoms with Crippen LogP contribution in [0.2, 0.25) is 15.2 Å². The predicted octanol–water partition coefficient (Wildman–Crippen LogP) is 7.07. The van der Waals surface area contributed by atoms with Crippen LogP contribution in [0.3, 0.4) is 0 Å². The molecule has 5 aromatic rings. The molecule has 0 spiro atoms. The molecule has 2 N–H and O–H groups in total. The normalized spacial score (nSPS) is 11.8. The molecule has 40 heavy (non-hydrogen) atoms. The number of halogens is 4. The van der Waals surface area contributed by atoms with Gasteiger partial charge < -0.3 is 4.98 Å². The first-order valence-corrected chi connectivity index (χ1v) is 16.2. The summed E-state index contributed by atoms with van der Waals surface area (Å²) in [5.41, 5.74) is 1.94. The quantitative estimate of drug-likeness (QED) is 0.157. The molecule has 0 saturated carbocycles. The molecule has 3 aromatic carbocycles. The number of aromatic nitrogens is 2. The molecule has 0 aliphatic heterocycles. The summed E-state index contributed by atoms with van der Waals surface area (Å²) in [5.74, 6) is 0. The van der Waals surface area contributed by atoms with Gasteiger partial charge in [-0.05, 0) is 55.3 Å². The predicted molar refractivity (Wildman–Crippen MR) is 161 cm³/mol. The van der Waals surface area contributed by atoms with Gasteiger partial charge in [0, 0.05) is 44.6 Å². The third kappa shape index (κ3) is 6.54. The number of H-pyrrole nitrogens is 1. The SMILES string of the molecule is Cc1ccc(C)c(NS(=O)(=O)c2ccc3c(Cl)cnc(Cl)c3c2)c1.O=c1[nH]cc(Cl)c2ccc(S(=O)(=O)Cl)cc12. The van der Waals surface area contributed by atoms with Gasteiger partial charge in [-0.1, -0.05) is 59.1 Å². The molecule has 0 amide bonds. The Labute approximate surface area is 249 Å². The second kappa shape index (κ2) is 11.6. The summed E-state index contributed by atoms with van der Waals surface area (Å²) in [6.45, 7) is 3.75. The van der Waals surface area contributed by atoms with Crippen molar-refractivity contribution in [1.82, 2.24) is 9.97 Å². The number of hydrogen-bond donors (Lipinski definition) is 2. The maximum Gasteiger partial charge on any atom is 0.261 e. The summed E-state index contributed by atoms with van der Waals surface area (Å²) >= 11 is 18.0. The number of aromatic amines is 1. The molecule has 14 heteroatoms. The minimum atomic E-state index is -3.85. The highest BCUT2D eigenvalue weighted by atomic mass is 35.7. The van der Waals surface area contributed by atoms with Gasteiger partial charge in [0.2, 0.25) is 0 Å². The first-order chi connectivity index (χ1) is 18.7. The fourth-order valence-corrected chi connectivity index (χ4v) is 6.29. The van der Waals surface area contributed by atoms with Crippen LogP contribution in [-0.2, 0) is 19.1 Å². The summed E-state index contributed by atoms with van der Waals surface area (Å²) in [5, 5.41) is 2.78. The fraction of sp³-hybridized carbons (Fsp3) is 0.0769. The number of pyridine rings is 2. The molecule has 208 valence electrons. The number of aryl methyl sites for hydroxylation is 2. The smallest absolute Gasteiger partial charge is 0.261 e. The van der Waals surface area contributed by atoms with E-state index in [2.05, 4.69) is 14.7 Å². The van der Waals surface area contributed by atoms with E-state index >= 15 is 0 Å². The molecule has 8 nitrogen and oxygen atoms in total. The summed E-state index contributed by atoms with van der Waals surface area (Å²) in [6, 6.07) is 14.1. The van der Waals surface area contributed by atoms with E-state index in [0.29, 0.717) is 31.9 Å². The van der Waals surface area contributed by atoms with Crippen LogP contribution < -0.4 is 10.3 Å². The van der Waals surface area contributed by atoms with Crippen molar-refractivity contribution >= 4 is 91.8 Å². The third-order valence-electron chi connectivity index (χ3n) is 5.81. The van der Waals surface area contributed by atoms with Gasteiger partial charge in [0.05, 0.1) is 25.5 Å². The Kier molecular flexibility index (Phi) is 8.70. The molecule has 2 aromatic heterocycles. The molecule has 2 heterocycles. The highest BCUT2D eigenvalue weighted by molar-refractivity contribution is 8.13. The minimum absolute atomic E-state index is 0.0990. The van der Waals surface area contributed by atoms with Crippen molar-refractivity contribution in [2.75, 3.05) is 4.72 Å². The Hall–Kier alpha value is -2.86. The Morgan fingerprint density at radius 1 is 0.775 bits per heavy atom. The zero-order chi connectivity index (χ0) is 29.4. The maximum absolute atomic E-state index is 12.7. The van der Waals surface area contributed by atoms with Gasteiger partial charge in [0.25, 0.3) is 24.6 Å². The Balaban J connectivity index is 0.000000201. The maximum atomic E-state index is 12.7. The molecule has 0 atom stereocenters. The molecule has 0 radical (unpaired) electrons. The first-order valence-electron chi connectivity index (χ1n) is 11.3. The zero-order valence-electron chi connectivity index (χ0n) is 20.7. The van der Waals surface area contributed by atoms with E-state index in [1.165, 1.54) is 42.7 Å². The monoisotopic (exact) mass is 657 g/mol. The van der Waals surface area contributed by atoms with Crippen LogP contribution in [-0.4, -0.2) is 26.8 Å². The Bertz CT molecular complexity index is 2070. The molecule has 0 aliphatic carbocycles. The topological polar surface area (TPSA) is 126 Å². The molecule has 0 bridgehead atoms. The average molecular weight is 659 g/mol. The number of nitrogens with zero attached hydrogens (tertiary/aromatic N) is 1. The molecule has 0 unspecified atom stereocenters. The Morgan fingerprint density at radius 2 is 1.40 bits per heavy atom. The van der Waals surface area contributed by atoms with Crippen LogP contribution in [0, 0.1) is 13.8 Å². The van der Waals surface area contributed by atoms with E-state index in [9.17, 15) is 21.6 Å². The van der Waals surface area contributed by atoms with Crippen molar-refractivity contribution < 1.29 is 16.8 Å². The number of hydrogen-bond acceptors (Lipinski definition) is 6. The van der Waals surface area contributed by atoms with Crippen LogP contribution in [0.1, 0.15) is 11.1 Å². The van der Waals surface area contributed by atoms with Crippen molar-refractivity contribution in [2.24, 2.45) is 0 Å². The lowest BCUT2D eigenvalue weighted by molar-refractivity contribution is 0.601. The standard InChI is InChI=1S/C17H14Cl2N2O2S.C9H5Cl2NO3S/c1-10-3-4-11(2)16(7-10)21-24(22,23)12-5-6-13-14(8-12)17(19)20-9-15(13)18;10-8-4-12-9(13)7-3-5(16(11,14)15)1-2-6(7)8/h3-9,21H,1-2H3;1-4H,(H,12,13). The van der Waals surface area contributed by atoms with Gasteiger partial charge in [-0.3, -0.25) is 9.52 Å². The van der Waals surface area contributed by atoms with E-state index in [1.54, 1.807) is 12.1 Å². The number of benzene rings is 3. The highest BCUT2D eigenvalue weighted by Crippen LogP contribution is 2.31. The van der Waals surface area contributed by atoms with Crippen molar-refractivity contribution in [2.45, 2.75) is 23.6 Å². The fourth-order valence-electron chi connectivity index (χ4n) is 3.73. The summed E-state index contributed by atoms with van der Waals surface area (Å²) < 4.78 is 50.2. The summed E-state index contributed by atoms with van der Waals surface area (Å²) in [6.07, 6.45) is 2.79. The van der Waals surface area contributed by atoms with Crippen molar-refractivity contribution in [1.29, 1.82) is 0 Å². The molecule has 0 saturated heterocycles. The van der Waals surface area contributed by atoms with Gasteiger partial charge in [0.1, 0.15) is 5.15 Å². The van der Waals surface area contributed by atoms with Crippen LogP contribution in [0.4, 0.5) is 5.69 Å². The van der Waals surface area contributed by atoms with Crippen molar-refractivity contribution in [3.05, 3.63) is 104 Å². The third-order valence-corrected chi connectivity index (χ3v) is 9.44. The lowest BCUT2D eigenvalue weighted by atomic mass is 10.1. The zero-order valence-corrected chi connectivity index (χ0v) is 25.3. The van der Waals surface area contributed by atoms with E-state index < -0.39 is 24.6 Å². The molecular weight excluding hydrogens is 640 g/mol. The number of sulfonamides is 1. The molecule has 5 rings (SSSR count). The number of fused-ring (bicyclic) bond motifs is 2. The van der Waals surface area contributed by atoms with Gasteiger partial charge in [-0.25, -0.2) is 21.8 Å². The second-order valence-electron chi connectivity index (χ2n) is 8.64. The van der Waals surface area contributed by atoms with Crippen LogP contribution in [0.5, 0.6) is 0 Å². The first kappa shape index (κ1) is 30.1. The van der Waals surface area contributed by atoms with Gasteiger partial charge in [0.15, 0.2) is 0 Å². The minimum Gasteiger partial charge on any atom is -0.327 e. The van der Waals surface area contributed by atoms with E-state index in [4.69, 9.17) is 45.5 Å². The largest absolute Gasteiger partial charge is 0.327 e. The van der Waals surface area contributed by atoms with Gasteiger partial charge in [-0.15, -0.1) is 0 Å². The molecular formula is C26H19Cl4N3O5S2. The Morgan fingerprint density at radius 3 is 2.08 bits per heavy atom. The van der Waals surface area contributed by atoms with Crippen molar-refractivity contribution in [3.63, 3.8) is 0 Å². The summed E-state index contributed by atoms with van der Waals surface area (Å²) in [4.78, 5) is 17.8. The van der Waals surface area contributed by atoms with Crippen molar-refractivity contribution in [3.8, 4) is 0 Å². The van der Waals surface area contributed by atoms with Crippen LogP contribution in [0.25, 0.3) is 21.5 Å². The number of rotatable bonds is 4. The average Bonchev–Trinajstić information content (AvgIpc) is 2.90. The van der Waals surface area contributed by atoms with E-state index in [-0.39, 0.29) is 20.3 Å². The lowest BCUT2D eigenvalue weighted by Crippen LogP contribution is -2.14. The van der Waals surface area contributed by atoms with Gasteiger partial charge >= 0.3 is 0 Å². The van der Waals surface area contributed by atoms with Crippen LogP contribution >= 0.6 is 45.5 Å². The number of nitrogens with one attached hydrogen (secondary N) is 2.